The Morgan fingerprint density at radius 1 is 1.41 bits per heavy atom. The number of halogens is 3. The molecule has 0 unspecified atom stereocenters. The van der Waals surface area contributed by atoms with Crippen molar-refractivity contribution in [3.05, 3.63) is 29.3 Å². The van der Waals surface area contributed by atoms with Crippen LogP contribution in [0.5, 0.6) is 5.75 Å². The number of methoxy groups -OCH3 is 1. The summed E-state index contributed by atoms with van der Waals surface area (Å²) in [5, 5.41) is 8.77. The van der Waals surface area contributed by atoms with E-state index in [9.17, 15) is 18.0 Å². The van der Waals surface area contributed by atoms with E-state index in [1.165, 1.54) is 7.11 Å². The fourth-order valence-corrected chi connectivity index (χ4v) is 1.20. The minimum absolute atomic E-state index is 0.465. The van der Waals surface area contributed by atoms with Gasteiger partial charge in [0.05, 0.1) is 5.56 Å². The van der Waals surface area contributed by atoms with E-state index in [4.69, 9.17) is 5.11 Å². The maximum absolute atomic E-state index is 12.6. The molecule has 1 aromatic carbocycles. The monoisotopic (exact) mass is 250 g/mol. The van der Waals surface area contributed by atoms with E-state index in [1.54, 1.807) is 0 Å². The molecule has 0 aromatic heterocycles. The van der Waals surface area contributed by atoms with Crippen LogP contribution in [0.2, 0.25) is 0 Å². The van der Waals surface area contributed by atoms with Gasteiger partial charge in [-0.3, -0.25) is 0 Å². The van der Waals surface area contributed by atoms with E-state index in [0.29, 0.717) is 0 Å². The number of alkyl halides is 3. The zero-order valence-corrected chi connectivity index (χ0v) is 8.75. The molecule has 0 amide bonds. The fraction of sp³-hybridized carbons (Fsp3) is 0.300. The van der Waals surface area contributed by atoms with Crippen molar-refractivity contribution in [2.45, 2.75) is 6.18 Å². The molecule has 0 fully saturated rings. The molecule has 0 saturated heterocycles. The second kappa shape index (κ2) is 5.05. The fourth-order valence-electron chi connectivity index (χ4n) is 1.20. The first-order chi connectivity index (χ1) is 7.88. The summed E-state index contributed by atoms with van der Waals surface area (Å²) >= 11 is 0. The summed E-state index contributed by atoms with van der Waals surface area (Å²) < 4.78 is 47.0. The number of carboxylic acids is 1. The van der Waals surface area contributed by atoms with Gasteiger partial charge in [-0.15, -0.1) is 0 Å². The number of hydrogen-bond donors (Lipinski definition) is 1. The number of hydrogen-bond acceptors (Lipinski definition) is 3. The average molecular weight is 250 g/mol. The molecule has 17 heavy (non-hydrogen) atoms. The van der Waals surface area contributed by atoms with Crippen LogP contribution in [0.25, 0.3) is 0 Å². The first-order valence-corrected chi connectivity index (χ1v) is 4.43. The van der Waals surface area contributed by atoms with Gasteiger partial charge in [0.25, 0.3) is 0 Å². The van der Waals surface area contributed by atoms with E-state index in [1.807, 2.05) is 0 Å². The van der Waals surface area contributed by atoms with Gasteiger partial charge in [0.1, 0.15) is 11.3 Å². The highest BCUT2D eigenvalue weighted by Gasteiger charge is 2.36. The zero-order chi connectivity index (χ0) is 13.1. The molecule has 0 spiro atoms. The molecule has 1 rings (SSSR count). The minimum atomic E-state index is -4.69. The molecule has 0 saturated carbocycles. The Hall–Kier alpha value is -1.76. The predicted octanol–water partition coefficient (Wildman–Crippen LogP) is 2.39. The van der Waals surface area contributed by atoms with Crippen LogP contribution >= 0.6 is 0 Å². The Morgan fingerprint density at radius 3 is 2.53 bits per heavy atom. The molecule has 0 aliphatic heterocycles. The second-order valence-electron chi connectivity index (χ2n) is 3.04. The SMILES string of the molecule is COCOc1c(C(=O)O)cccc1C(F)(F)F. The van der Waals surface area contributed by atoms with E-state index in [-0.39, 0.29) is 0 Å². The summed E-state index contributed by atoms with van der Waals surface area (Å²) in [6.45, 7) is -0.465. The molecule has 0 bridgehead atoms. The third-order valence-electron chi connectivity index (χ3n) is 1.87. The number of rotatable bonds is 4. The molecule has 0 atom stereocenters. The van der Waals surface area contributed by atoms with Crippen molar-refractivity contribution in [3.8, 4) is 5.75 Å². The number of aromatic carboxylic acids is 1. The summed E-state index contributed by atoms with van der Waals surface area (Å²) in [5.74, 6) is -2.24. The Kier molecular flexibility index (Phi) is 3.95. The number of ether oxygens (including phenoxy) is 2. The third kappa shape index (κ3) is 3.10. The Bertz CT molecular complexity index is 415. The highest BCUT2D eigenvalue weighted by atomic mass is 19.4. The van der Waals surface area contributed by atoms with Gasteiger partial charge in [-0.2, -0.15) is 13.2 Å². The molecule has 0 radical (unpaired) electrons. The van der Waals surface area contributed by atoms with Crippen molar-refractivity contribution >= 4 is 5.97 Å². The van der Waals surface area contributed by atoms with Crippen LogP contribution < -0.4 is 4.74 Å². The van der Waals surface area contributed by atoms with Gasteiger partial charge in [-0.25, -0.2) is 4.79 Å². The summed E-state index contributed by atoms with van der Waals surface area (Å²) in [5.41, 5.74) is -1.70. The standard InChI is InChI=1S/C10H9F3O4/c1-16-5-17-8-6(9(14)15)3-2-4-7(8)10(11,12)13/h2-4H,5H2,1H3,(H,14,15). The van der Waals surface area contributed by atoms with Crippen molar-refractivity contribution < 1.29 is 32.5 Å². The van der Waals surface area contributed by atoms with E-state index >= 15 is 0 Å². The second-order valence-corrected chi connectivity index (χ2v) is 3.04. The lowest BCUT2D eigenvalue weighted by Crippen LogP contribution is -2.13. The molecule has 1 N–H and O–H groups in total. The van der Waals surface area contributed by atoms with E-state index in [0.717, 1.165) is 18.2 Å². The lowest BCUT2D eigenvalue weighted by atomic mass is 10.1. The van der Waals surface area contributed by atoms with Crippen LogP contribution in [0, 0.1) is 0 Å². The molecular formula is C10H9F3O4. The van der Waals surface area contributed by atoms with Crippen molar-refractivity contribution in [2.75, 3.05) is 13.9 Å². The summed E-state index contributed by atoms with van der Waals surface area (Å²) in [6, 6.07) is 2.78. The van der Waals surface area contributed by atoms with Crippen molar-refractivity contribution in [1.82, 2.24) is 0 Å². The van der Waals surface area contributed by atoms with Crippen molar-refractivity contribution in [3.63, 3.8) is 0 Å². The molecule has 0 aliphatic carbocycles. The topological polar surface area (TPSA) is 55.8 Å². The summed E-state index contributed by atoms with van der Waals surface area (Å²) in [7, 11) is 1.22. The normalized spacial score (nSPS) is 11.3. The van der Waals surface area contributed by atoms with Gasteiger partial charge < -0.3 is 14.6 Å². The third-order valence-corrected chi connectivity index (χ3v) is 1.87. The first-order valence-electron chi connectivity index (χ1n) is 4.43. The van der Waals surface area contributed by atoms with Crippen LogP contribution in [0.4, 0.5) is 13.2 Å². The maximum atomic E-state index is 12.6. The molecule has 1 aromatic rings. The minimum Gasteiger partial charge on any atom is -0.478 e. The molecule has 4 nitrogen and oxygen atoms in total. The van der Waals surface area contributed by atoms with E-state index < -0.39 is 35.8 Å². The Labute approximate surface area is 94.6 Å². The van der Waals surface area contributed by atoms with E-state index in [2.05, 4.69) is 9.47 Å². The first kappa shape index (κ1) is 13.3. The Balaban J connectivity index is 3.29. The zero-order valence-electron chi connectivity index (χ0n) is 8.75. The van der Waals surface area contributed by atoms with Gasteiger partial charge >= 0.3 is 12.1 Å². The predicted molar refractivity (Wildman–Crippen MR) is 50.9 cm³/mol. The van der Waals surface area contributed by atoms with Gasteiger partial charge in [0, 0.05) is 7.11 Å². The lowest BCUT2D eigenvalue weighted by Gasteiger charge is -2.15. The molecule has 7 heteroatoms. The van der Waals surface area contributed by atoms with Crippen molar-refractivity contribution in [1.29, 1.82) is 0 Å². The van der Waals surface area contributed by atoms with Crippen LogP contribution in [-0.2, 0) is 10.9 Å². The molecule has 94 valence electrons. The number of benzene rings is 1. The number of carbonyl (C=O) groups is 1. The van der Waals surface area contributed by atoms with Gasteiger partial charge in [-0.05, 0) is 12.1 Å². The quantitative estimate of drug-likeness (QED) is 0.833. The van der Waals surface area contributed by atoms with Crippen molar-refractivity contribution in [2.24, 2.45) is 0 Å². The van der Waals surface area contributed by atoms with Gasteiger partial charge in [0.2, 0.25) is 0 Å². The lowest BCUT2D eigenvalue weighted by molar-refractivity contribution is -0.139. The van der Waals surface area contributed by atoms with Gasteiger partial charge in [0.15, 0.2) is 6.79 Å². The van der Waals surface area contributed by atoms with Crippen LogP contribution in [0.15, 0.2) is 18.2 Å². The number of para-hydroxylation sites is 1. The summed E-state index contributed by atoms with van der Waals surface area (Å²) in [4.78, 5) is 10.8. The van der Waals surface area contributed by atoms with Crippen LogP contribution in [-0.4, -0.2) is 25.0 Å². The number of carboxylic acid groups (broad SMARTS) is 1. The molecule has 0 heterocycles. The summed E-state index contributed by atoms with van der Waals surface area (Å²) in [6.07, 6.45) is -4.69. The molecule has 0 aliphatic rings. The average Bonchev–Trinajstić information content (AvgIpc) is 2.24. The smallest absolute Gasteiger partial charge is 0.419 e. The van der Waals surface area contributed by atoms with Crippen LogP contribution in [0.3, 0.4) is 0 Å². The maximum Gasteiger partial charge on any atom is 0.419 e. The Morgan fingerprint density at radius 2 is 2.06 bits per heavy atom. The molecular weight excluding hydrogens is 241 g/mol. The largest absolute Gasteiger partial charge is 0.478 e. The van der Waals surface area contributed by atoms with Gasteiger partial charge in [-0.1, -0.05) is 6.07 Å². The van der Waals surface area contributed by atoms with Crippen LogP contribution in [0.1, 0.15) is 15.9 Å². The highest BCUT2D eigenvalue weighted by molar-refractivity contribution is 5.91. The highest BCUT2D eigenvalue weighted by Crippen LogP contribution is 2.38.